The average molecular weight is 251 g/mol. The number of rotatable bonds is 3. The molecule has 0 atom stereocenters. The first kappa shape index (κ1) is 12.8. The molecular formula is C16H13NO2. The molecule has 0 fully saturated rings. The highest BCUT2D eigenvalue weighted by Gasteiger charge is 2.12. The third-order valence-electron chi connectivity index (χ3n) is 3.03. The first-order valence-electron chi connectivity index (χ1n) is 6.01. The van der Waals surface area contributed by atoms with Crippen LogP contribution in [0, 0.1) is 11.3 Å². The van der Waals surface area contributed by atoms with Crippen molar-refractivity contribution in [3.63, 3.8) is 0 Å². The lowest BCUT2D eigenvalue weighted by Gasteiger charge is -2.14. The van der Waals surface area contributed by atoms with E-state index >= 15 is 0 Å². The Morgan fingerprint density at radius 2 is 1.95 bits per heavy atom. The van der Waals surface area contributed by atoms with Crippen LogP contribution in [0.2, 0.25) is 0 Å². The summed E-state index contributed by atoms with van der Waals surface area (Å²) >= 11 is 0. The molecule has 1 N–H and O–H groups in total. The number of carboxylic acid groups (broad SMARTS) is 1. The molecule has 0 amide bonds. The van der Waals surface area contributed by atoms with Crippen LogP contribution in [0.4, 0.5) is 0 Å². The first-order chi connectivity index (χ1) is 9.20. The zero-order chi connectivity index (χ0) is 13.7. The number of benzene rings is 1. The van der Waals surface area contributed by atoms with Crippen molar-refractivity contribution in [2.75, 3.05) is 0 Å². The zero-order valence-electron chi connectivity index (χ0n) is 10.3. The zero-order valence-corrected chi connectivity index (χ0v) is 10.3. The third-order valence-corrected chi connectivity index (χ3v) is 3.03. The number of carboxylic acids is 1. The van der Waals surface area contributed by atoms with E-state index in [4.69, 9.17) is 10.4 Å². The Morgan fingerprint density at radius 1 is 1.21 bits per heavy atom. The van der Waals surface area contributed by atoms with Crippen LogP contribution in [0.15, 0.2) is 59.7 Å². The van der Waals surface area contributed by atoms with Crippen LogP contribution in [0.3, 0.4) is 0 Å². The Balaban J connectivity index is 2.26. The summed E-state index contributed by atoms with van der Waals surface area (Å²) in [4.78, 5) is 10.6. The lowest BCUT2D eigenvalue weighted by molar-refractivity contribution is -0.131. The van der Waals surface area contributed by atoms with Gasteiger partial charge in [0.25, 0.3) is 0 Å². The Labute approximate surface area is 111 Å². The van der Waals surface area contributed by atoms with Crippen LogP contribution < -0.4 is 0 Å². The molecule has 2 rings (SSSR count). The molecule has 94 valence electrons. The first-order valence-corrected chi connectivity index (χ1v) is 6.01. The number of nitriles is 1. The van der Waals surface area contributed by atoms with E-state index in [1.807, 2.05) is 48.6 Å². The summed E-state index contributed by atoms with van der Waals surface area (Å²) in [5.41, 5.74) is 3.39. The van der Waals surface area contributed by atoms with Crippen LogP contribution in [0.25, 0.3) is 5.57 Å². The molecule has 0 saturated carbocycles. The van der Waals surface area contributed by atoms with Crippen molar-refractivity contribution >= 4 is 11.5 Å². The van der Waals surface area contributed by atoms with Crippen molar-refractivity contribution in [1.82, 2.24) is 0 Å². The Hall–Kier alpha value is -2.60. The molecule has 0 aromatic heterocycles. The van der Waals surface area contributed by atoms with Gasteiger partial charge in [-0.25, -0.2) is 4.79 Å². The van der Waals surface area contributed by atoms with E-state index in [-0.39, 0.29) is 5.57 Å². The molecule has 1 aliphatic carbocycles. The Kier molecular flexibility index (Phi) is 3.94. The molecule has 3 heteroatoms. The molecule has 1 aliphatic rings. The summed E-state index contributed by atoms with van der Waals surface area (Å²) in [6.07, 6.45) is 6.26. The maximum absolute atomic E-state index is 10.6. The van der Waals surface area contributed by atoms with Gasteiger partial charge in [-0.3, -0.25) is 0 Å². The van der Waals surface area contributed by atoms with Gasteiger partial charge in [-0.1, -0.05) is 42.5 Å². The van der Waals surface area contributed by atoms with E-state index < -0.39 is 5.97 Å². The predicted octanol–water partition coefficient (Wildman–Crippen LogP) is 3.32. The van der Waals surface area contributed by atoms with Crippen molar-refractivity contribution < 1.29 is 9.90 Å². The van der Waals surface area contributed by atoms with E-state index in [1.54, 1.807) is 0 Å². The highest BCUT2D eigenvalue weighted by Crippen LogP contribution is 2.29. The summed E-state index contributed by atoms with van der Waals surface area (Å²) in [5.74, 6) is -1.09. The molecule has 0 saturated heterocycles. The fraction of sp³-hybridized carbons (Fsp3) is 0.125. The van der Waals surface area contributed by atoms with Crippen molar-refractivity contribution in [3.05, 3.63) is 65.3 Å². The topological polar surface area (TPSA) is 61.1 Å². The second-order valence-corrected chi connectivity index (χ2v) is 4.26. The van der Waals surface area contributed by atoms with E-state index in [2.05, 4.69) is 0 Å². The second kappa shape index (κ2) is 5.83. The van der Waals surface area contributed by atoms with Crippen LogP contribution >= 0.6 is 0 Å². The van der Waals surface area contributed by atoms with Crippen LogP contribution in [0.1, 0.15) is 18.4 Å². The van der Waals surface area contributed by atoms with E-state index in [1.165, 1.54) is 11.1 Å². The van der Waals surface area contributed by atoms with Crippen LogP contribution in [-0.4, -0.2) is 11.1 Å². The molecule has 0 heterocycles. The summed E-state index contributed by atoms with van der Waals surface area (Å²) < 4.78 is 0. The van der Waals surface area contributed by atoms with Gasteiger partial charge in [0.05, 0.1) is 11.6 Å². The van der Waals surface area contributed by atoms with Gasteiger partial charge >= 0.3 is 5.97 Å². The van der Waals surface area contributed by atoms with Gasteiger partial charge in [0.1, 0.15) is 0 Å². The SMILES string of the molecule is N#CC(=CC(=O)O)C1=CC=C(c2ccccc2)CC1. The second-order valence-electron chi connectivity index (χ2n) is 4.26. The average Bonchev–Trinajstić information content (AvgIpc) is 2.46. The molecule has 0 bridgehead atoms. The summed E-state index contributed by atoms with van der Waals surface area (Å²) in [7, 11) is 0. The minimum Gasteiger partial charge on any atom is -0.478 e. The van der Waals surface area contributed by atoms with Crippen molar-refractivity contribution in [2.24, 2.45) is 0 Å². The summed E-state index contributed by atoms with van der Waals surface area (Å²) in [6, 6.07) is 12.0. The van der Waals surface area contributed by atoms with Gasteiger partial charge < -0.3 is 5.11 Å². The standard InChI is InChI=1S/C16H13NO2/c17-11-15(10-16(18)19)14-8-6-13(7-9-14)12-4-2-1-3-5-12/h1-6,8,10H,7,9H2,(H,18,19). The molecule has 0 radical (unpaired) electrons. The summed E-state index contributed by atoms with van der Waals surface area (Å²) in [6.45, 7) is 0. The minimum absolute atomic E-state index is 0.232. The Morgan fingerprint density at radius 3 is 2.47 bits per heavy atom. The normalized spacial score (nSPS) is 15.2. The Bertz CT molecular complexity index is 616. The molecule has 0 unspecified atom stereocenters. The van der Waals surface area contributed by atoms with Crippen molar-refractivity contribution in [2.45, 2.75) is 12.8 Å². The number of carbonyl (C=O) groups is 1. The van der Waals surface area contributed by atoms with Crippen molar-refractivity contribution in [3.8, 4) is 6.07 Å². The van der Waals surface area contributed by atoms with Crippen LogP contribution in [0.5, 0.6) is 0 Å². The fourth-order valence-electron chi connectivity index (χ4n) is 2.07. The van der Waals surface area contributed by atoms with Crippen LogP contribution in [-0.2, 0) is 4.79 Å². The largest absolute Gasteiger partial charge is 0.478 e. The smallest absolute Gasteiger partial charge is 0.329 e. The van der Waals surface area contributed by atoms with E-state index in [0.717, 1.165) is 18.1 Å². The molecular weight excluding hydrogens is 238 g/mol. The van der Waals surface area contributed by atoms with Gasteiger partial charge in [-0.05, 0) is 29.6 Å². The number of aliphatic carboxylic acids is 1. The number of hydrogen-bond donors (Lipinski definition) is 1. The summed E-state index contributed by atoms with van der Waals surface area (Å²) in [5, 5.41) is 17.7. The van der Waals surface area contributed by atoms with Gasteiger partial charge in [0.2, 0.25) is 0 Å². The third kappa shape index (κ3) is 3.20. The molecule has 1 aromatic rings. The van der Waals surface area contributed by atoms with E-state index in [0.29, 0.717) is 6.42 Å². The molecule has 19 heavy (non-hydrogen) atoms. The van der Waals surface area contributed by atoms with Gasteiger partial charge in [-0.15, -0.1) is 0 Å². The van der Waals surface area contributed by atoms with Gasteiger partial charge in [0, 0.05) is 6.08 Å². The number of allylic oxidation sites excluding steroid dienone is 5. The predicted molar refractivity (Wildman–Crippen MR) is 73.1 cm³/mol. The number of hydrogen-bond acceptors (Lipinski definition) is 2. The highest BCUT2D eigenvalue weighted by atomic mass is 16.4. The molecule has 0 spiro atoms. The highest BCUT2D eigenvalue weighted by molar-refractivity contribution is 5.83. The lowest BCUT2D eigenvalue weighted by Crippen LogP contribution is -1.98. The molecule has 1 aromatic carbocycles. The molecule has 0 aliphatic heterocycles. The minimum atomic E-state index is -1.09. The maximum Gasteiger partial charge on any atom is 0.329 e. The number of nitrogens with zero attached hydrogens (tertiary/aromatic N) is 1. The fourth-order valence-corrected chi connectivity index (χ4v) is 2.07. The monoisotopic (exact) mass is 251 g/mol. The van der Waals surface area contributed by atoms with Gasteiger partial charge in [0.15, 0.2) is 0 Å². The quantitative estimate of drug-likeness (QED) is 0.662. The molecule has 3 nitrogen and oxygen atoms in total. The lowest BCUT2D eigenvalue weighted by atomic mass is 9.90. The van der Waals surface area contributed by atoms with Crippen molar-refractivity contribution in [1.29, 1.82) is 5.26 Å². The maximum atomic E-state index is 10.6. The van der Waals surface area contributed by atoms with E-state index in [9.17, 15) is 4.79 Å². The van der Waals surface area contributed by atoms with Gasteiger partial charge in [-0.2, -0.15) is 5.26 Å².